The van der Waals surface area contributed by atoms with Crippen LogP contribution in [0.5, 0.6) is 0 Å². The normalized spacial score (nSPS) is 18.2. The molecule has 0 radical (unpaired) electrons. The number of aryl methyl sites for hydroxylation is 2. The van der Waals surface area contributed by atoms with Crippen LogP contribution in [0.1, 0.15) is 33.7 Å². The van der Waals surface area contributed by atoms with Crippen molar-refractivity contribution in [1.82, 2.24) is 4.90 Å². The fraction of sp³-hybridized carbons (Fsp3) is 0.318. The highest BCUT2D eigenvalue weighted by Crippen LogP contribution is 2.30. The van der Waals surface area contributed by atoms with Crippen LogP contribution in [0.2, 0.25) is 5.02 Å². The Morgan fingerprint density at radius 1 is 1.21 bits per heavy atom. The molecule has 1 aliphatic rings. The molecule has 2 aromatic carbocycles. The van der Waals surface area contributed by atoms with Crippen LogP contribution in [-0.4, -0.2) is 36.8 Å². The lowest BCUT2D eigenvalue weighted by molar-refractivity contribution is 0.0649. The standard InChI is InChI=1S/C22H22ClNO4S/c1-14-6-7-19-15(2)21(28-20(19)10-14)22(25)24(18-8-9-29(26,27)13-18)12-16-4-3-5-17(23)11-16/h3-7,10-11,18H,8-9,12-13H2,1-2H3/t18-/m0/s1. The monoisotopic (exact) mass is 431 g/mol. The first-order valence-electron chi connectivity index (χ1n) is 9.49. The Balaban J connectivity index is 1.74. The lowest BCUT2D eigenvalue weighted by Gasteiger charge is -2.28. The summed E-state index contributed by atoms with van der Waals surface area (Å²) in [5.41, 5.74) is 3.32. The van der Waals surface area contributed by atoms with E-state index in [1.807, 2.05) is 44.2 Å². The first kappa shape index (κ1) is 20.0. The molecule has 0 saturated carbocycles. The predicted octanol–water partition coefficient (Wildman–Crippen LogP) is 4.53. The second-order valence-electron chi connectivity index (χ2n) is 7.68. The minimum absolute atomic E-state index is 0.0301. The number of benzene rings is 2. The van der Waals surface area contributed by atoms with Crippen molar-refractivity contribution in [3.05, 3.63) is 69.9 Å². The molecule has 1 aliphatic heterocycles. The van der Waals surface area contributed by atoms with E-state index in [1.54, 1.807) is 17.0 Å². The van der Waals surface area contributed by atoms with Gasteiger partial charge >= 0.3 is 0 Å². The van der Waals surface area contributed by atoms with Crippen LogP contribution in [0.15, 0.2) is 46.9 Å². The molecule has 0 spiro atoms. The number of hydrogen-bond acceptors (Lipinski definition) is 4. The maximum absolute atomic E-state index is 13.5. The molecule has 152 valence electrons. The van der Waals surface area contributed by atoms with Gasteiger partial charge in [0.15, 0.2) is 15.6 Å². The topological polar surface area (TPSA) is 67.6 Å². The Morgan fingerprint density at radius 3 is 2.69 bits per heavy atom. The van der Waals surface area contributed by atoms with Crippen molar-refractivity contribution in [3.8, 4) is 0 Å². The molecule has 29 heavy (non-hydrogen) atoms. The molecule has 0 N–H and O–H groups in total. The van der Waals surface area contributed by atoms with E-state index >= 15 is 0 Å². The van der Waals surface area contributed by atoms with E-state index < -0.39 is 9.84 Å². The van der Waals surface area contributed by atoms with Crippen LogP contribution in [0.3, 0.4) is 0 Å². The summed E-state index contributed by atoms with van der Waals surface area (Å²) in [7, 11) is -3.15. The number of nitrogens with zero attached hydrogens (tertiary/aromatic N) is 1. The summed E-state index contributed by atoms with van der Waals surface area (Å²) < 4.78 is 30.1. The maximum atomic E-state index is 13.5. The second kappa shape index (κ2) is 7.50. The molecule has 5 nitrogen and oxygen atoms in total. The number of carbonyl (C=O) groups is 1. The van der Waals surface area contributed by atoms with Crippen LogP contribution in [0.25, 0.3) is 11.0 Å². The molecular formula is C22H22ClNO4S. The SMILES string of the molecule is Cc1ccc2c(C)c(C(=O)N(Cc3cccc(Cl)c3)[C@H]3CCS(=O)(=O)C3)oc2c1. The first-order chi connectivity index (χ1) is 13.7. The van der Waals surface area contributed by atoms with Gasteiger partial charge in [-0.25, -0.2) is 8.42 Å². The van der Waals surface area contributed by atoms with Crippen LogP contribution >= 0.6 is 11.6 Å². The van der Waals surface area contributed by atoms with Gasteiger partial charge in [0.2, 0.25) is 0 Å². The molecule has 0 bridgehead atoms. The van der Waals surface area contributed by atoms with Crippen LogP contribution in [-0.2, 0) is 16.4 Å². The summed E-state index contributed by atoms with van der Waals surface area (Å²) in [5.74, 6) is 0.0304. The van der Waals surface area contributed by atoms with Crippen LogP contribution in [0, 0.1) is 13.8 Å². The van der Waals surface area contributed by atoms with E-state index in [-0.39, 0.29) is 35.8 Å². The highest BCUT2D eigenvalue weighted by atomic mass is 35.5. The average Bonchev–Trinajstić information content (AvgIpc) is 3.18. The Bertz CT molecular complexity index is 1200. The van der Waals surface area contributed by atoms with E-state index in [0.29, 0.717) is 17.0 Å². The summed E-state index contributed by atoms with van der Waals surface area (Å²) in [6.45, 7) is 4.10. The first-order valence-corrected chi connectivity index (χ1v) is 11.7. The molecule has 1 fully saturated rings. The lowest BCUT2D eigenvalue weighted by Crippen LogP contribution is -2.40. The molecular weight excluding hydrogens is 410 g/mol. The number of fused-ring (bicyclic) bond motifs is 1. The molecule has 4 rings (SSSR count). The Kier molecular flexibility index (Phi) is 5.17. The molecule has 0 unspecified atom stereocenters. The second-order valence-corrected chi connectivity index (χ2v) is 10.3. The number of hydrogen-bond donors (Lipinski definition) is 0. The highest BCUT2D eigenvalue weighted by Gasteiger charge is 2.36. The van der Waals surface area contributed by atoms with Crippen molar-refractivity contribution in [2.24, 2.45) is 0 Å². The van der Waals surface area contributed by atoms with Crippen molar-refractivity contribution >= 4 is 38.3 Å². The average molecular weight is 432 g/mol. The summed E-state index contributed by atoms with van der Waals surface area (Å²) in [6, 6.07) is 12.7. The summed E-state index contributed by atoms with van der Waals surface area (Å²) in [5, 5.41) is 1.46. The van der Waals surface area contributed by atoms with Crippen LogP contribution in [0.4, 0.5) is 0 Å². The van der Waals surface area contributed by atoms with Gasteiger partial charge < -0.3 is 9.32 Å². The lowest BCUT2D eigenvalue weighted by atomic mass is 10.1. The third-order valence-corrected chi connectivity index (χ3v) is 7.43. The molecule has 1 atom stereocenters. The van der Waals surface area contributed by atoms with Gasteiger partial charge in [-0.2, -0.15) is 0 Å². The fourth-order valence-electron chi connectivity index (χ4n) is 3.89. The number of carbonyl (C=O) groups excluding carboxylic acids is 1. The summed E-state index contributed by atoms with van der Waals surface area (Å²) >= 11 is 6.11. The molecule has 0 aliphatic carbocycles. The minimum Gasteiger partial charge on any atom is -0.451 e. The van der Waals surface area contributed by atoms with Gasteiger partial charge in [0.25, 0.3) is 5.91 Å². The Hall–Kier alpha value is -2.31. The van der Waals surface area contributed by atoms with Crippen LogP contribution < -0.4 is 0 Å². The van der Waals surface area contributed by atoms with Gasteiger partial charge in [-0.05, 0) is 49.6 Å². The van der Waals surface area contributed by atoms with Gasteiger partial charge in [-0.1, -0.05) is 35.9 Å². The van der Waals surface area contributed by atoms with Crippen molar-refractivity contribution in [2.75, 3.05) is 11.5 Å². The van der Waals surface area contributed by atoms with Gasteiger partial charge in [-0.15, -0.1) is 0 Å². The largest absolute Gasteiger partial charge is 0.451 e. The molecule has 3 aromatic rings. The number of amides is 1. The third-order valence-electron chi connectivity index (χ3n) is 5.44. The molecule has 1 amide bonds. The maximum Gasteiger partial charge on any atom is 0.290 e. The zero-order valence-electron chi connectivity index (χ0n) is 16.3. The van der Waals surface area contributed by atoms with Crippen molar-refractivity contribution < 1.29 is 17.6 Å². The van der Waals surface area contributed by atoms with Gasteiger partial charge in [0, 0.05) is 28.6 Å². The number of halogens is 1. The Labute approximate surface area is 175 Å². The van der Waals surface area contributed by atoms with Crippen molar-refractivity contribution in [2.45, 2.75) is 32.9 Å². The van der Waals surface area contributed by atoms with Crippen molar-refractivity contribution in [3.63, 3.8) is 0 Å². The third kappa shape index (κ3) is 4.05. The van der Waals surface area contributed by atoms with Gasteiger partial charge in [0.05, 0.1) is 11.5 Å². The highest BCUT2D eigenvalue weighted by molar-refractivity contribution is 7.91. The van der Waals surface area contributed by atoms with E-state index in [0.717, 1.165) is 22.1 Å². The smallest absolute Gasteiger partial charge is 0.290 e. The predicted molar refractivity (Wildman–Crippen MR) is 114 cm³/mol. The number of rotatable bonds is 4. The van der Waals surface area contributed by atoms with E-state index in [2.05, 4.69) is 0 Å². The molecule has 7 heteroatoms. The Morgan fingerprint density at radius 2 is 2.00 bits per heavy atom. The number of sulfone groups is 1. The molecule has 2 heterocycles. The number of furan rings is 1. The summed E-state index contributed by atoms with van der Waals surface area (Å²) in [4.78, 5) is 15.1. The van der Waals surface area contributed by atoms with Gasteiger partial charge in [-0.3, -0.25) is 4.79 Å². The van der Waals surface area contributed by atoms with E-state index in [4.69, 9.17) is 16.0 Å². The van der Waals surface area contributed by atoms with Gasteiger partial charge in [0.1, 0.15) is 5.58 Å². The summed E-state index contributed by atoms with van der Waals surface area (Å²) in [6.07, 6.45) is 0.424. The molecule has 1 saturated heterocycles. The quantitative estimate of drug-likeness (QED) is 0.608. The fourth-order valence-corrected chi connectivity index (χ4v) is 5.83. The van der Waals surface area contributed by atoms with Crippen molar-refractivity contribution in [1.29, 1.82) is 0 Å². The van der Waals surface area contributed by atoms with E-state index in [1.165, 1.54) is 0 Å². The zero-order chi connectivity index (χ0) is 20.8. The van der Waals surface area contributed by atoms with E-state index in [9.17, 15) is 13.2 Å². The zero-order valence-corrected chi connectivity index (χ0v) is 17.9. The minimum atomic E-state index is -3.15. The molecule has 1 aromatic heterocycles.